The summed E-state index contributed by atoms with van der Waals surface area (Å²) in [5, 5.41) is 0. The van der Waals surface area contributed by atoms with Crippen LogP contribution in [-0.4, -0.2) is 19.0 Å². The Morgan fingerprint density at radius 1 is 1.33 bits per heavy atom. The Hall–Kier alpha value is -1.71. The first kappa shape index (κ1) is 12.7. The standard InChI is InChI=1S/C14H21N3O/c1-10-3-2-7-17(8-6-10)13-9-11(14(16)18)4-5-12(13)15/h4-5,9-10H,2-3,6-8,15H2,1H3,(H2,16,18). The number of carbonyl (C=O) groups excluding carboxylic acids is 1. The third kappa shape index (κ3) is 2.75. The number of anilines is 2. The van der Waals surface area contributed by atoms with Gasteiger partial charge in [-0.05, 0) is 43.4 Å². The number of hydrogen-bond acceptors (Lipinski definition) is 3. The highest BCUT2D eigenvalue weighted by molar-refractivity contribution is 5.95. The Balaban J connectivity index is 2.25. The molecule has 1 aromatic carbocycles. The SMILES string of the molecule is CC1CCCN(c2cc(C(N)=O)ccc2N)CC1. The minimum atomic E-state index is -0.403. The number of nitrogens with zero attached hydrogens (tertiary/aromatic N) is 1. The summed E-state index contributed by atoms with van der Waals surface area (Å²) in [7, 11) is 0. The molecule has 18 heavy (non-hydrogen) atoms. The topological polar surface area (TPSA) is 72.3 Å². The summed E-state index contributed by atoms with van der Waals surface area (Å²) in [4.78, 5) is 13.5. The quantitative estimate of drug-likeness (QED) is 0.785. The molecule has 1 saturated heterocycles. The minimum Gasteiger partial charge on any atom is -0.397 e. The molecule has 98 valence electrons. The van der Waals surface area contributed by atoms with Crippen molar-refractivity contribution in [1.29, 1.82) is 0 Å². The molecule has 1 aliphatic heterocycles. The van der Waals surface area contributed by atoms with Gasteiger partial charge in [0.15, 0.2) is 0 Å². The molecular formula is C14H21N3O. The van der Waals surface area contributed by atoms with Crippen LogP contribution in [0.25, 0.3) is 0 Å². The van der Waals surface area contributed by atoms with E-state index in [2.05, 4.69) is 11.8 Å². The van der Waals surface area contributed by atoms with Gasteiger partial charge in [0.05, 0.1) is 11.4 Å². The van der Waals surface area contributed by atoms with Crippen LogP contribution in [-0.2, 0) is 0 Å². The highest BCUT2D eigenvalue weighted by Crippen LogP contribution is 2.28. The number of rotatable bonds is 2. The first-order valence-corrected chi connectivity index (χ1v) is 6.52. The van der Waals surface area contributed by atoms with Crippen molar-refractivity contribution in [3.63, 3.8) is 0 Å². The molecule has 0 aromatic heterocycles. The maximum absolute atomic E-state index is 11.2. The fourth-order valence-corrected chi connectivity index (χ4v) is 2.47. The van der Waals surface area contributed by atoms with Crippen LogP contribution < -0.4 is 16.4 Å². The van der Waals surface area contributed by atoms with Crippen LogP contribution in [0.5, 0.6) is 0 Å². The van der Waals surface area contributed by atoms with Crippen LogP contribution in [0.3, 0.4) is 0 Å². The lowest BCUT2D eigenvalue weighted by atomic mass is 10.0. The predicted molar refractivity (Wildman–Crippen MR) is 74.6 cm³/mol. The van der Waals surface area contributed by atoms with E-state index in [9.17, 15) is 4.79 Å². The van der Waals surface area contributed by atoms with Crippen molar-refractivity contribution >= 4 is 17.3 Å². The van der Waals surface area contributed by atoms with Gasteiger partial charge < -0.3 is 16.4 Å². The largest absolute Gasteiger partial charge is 0.397 e. The smallest absolute Gasteiger partial charge is 0.248 e. The number of nitrogens with two attached hydrogens (primary N) is 2. The van der Waals surface area contributed by atoms with E-state index >= 15 is 0 Å². The van der Waals surface area contributed by atoms with Gasteiger partial charge in [-0.25, -0.2) is 0 Å². The third-order valence-corrected chi connectivity index (χ3v) is 3.67. The summed E-state index contributed by atoms with van der Waals surface area (Å²) < 4.78 is 0. The summed E-state index contributed by atoms with van der Waals surface area (Å²) in [6.07, 6.45) is 3.59. The highest BCUT2D eigenvalue weighted by Gasteiger charge is 2.17. The van der Waals surface area contributed by atoms with E-state index in [1.54, 1.807) is 12.1 Å². The highest BCUT2D eigenvalue weighted by atomic mass is 16.1. The molecule has 4 N–H and O–H groups in total. The molecule has 1 atom stereocenters. The molecule has 0 aliphatic carbocycles. The van der Waals surface area contributed by atoms with E-state index < -0.39 is 5.91 Å². The predicted octanol–water partition coefficient (Wildman–Crippen LogP) is 1.99. The van der Waals surface area contributed by atoms with E-state index in [-0.39, 0.29) is 0 Å². The van der Waals surface area contributed by atoms with Crippen molar-refractivity contribution in [1.82, 2.24) is 0 Å². The van der Waals surface area contributed by atoms with Gasteiger partial charge in [-0.2, -0.15) is 0 Å². The summed E-state index contributed by atoms with van der Waals surface area (Å²) in [5.41, 5.74) is 13.5. The van der Waals surface area contributed by atoms with Gasteiger partial charge in [0.1, 0.15) is 0 Å². The van der Waals surface area contributed by atoms with Crippen LogP contribution in [0.15, 0.2) is 18.2 Å². The average molecular weight is 247 g/mol. The minimum absolute atomic E-state index is 0.403. The Morgan fingerprint density at radius 3 is 2.83 bits per heavy atom. The number of amides is 1. The van der Waals surface area contributed by atoms with Crippen molar-refractivity contribution in [3.8, 4) is 0 Å². The number of carbonyl (C=O) groups is 1. The van der Waals surface area contributed by atoms with Gasteiger partial charge >= 0.3 is 0 Å². The van der Waals surface area contributed by atoms with Crippen molar-refractivity contribution in [2.45, 2.75) is 26.2 Å². The van der Waals surface area contributed by atoms with E-state index in [1.165, 1.54) is 19.3 Å². The zero-order valence-electron chi connectivity index (χ0n) is 10.9. The zero-order valence-corrected chi connectivity index (χ0v) is 10.9. The number of hydrogen-bond donors (Lipinski definition) is 2. The van der Waals surface area contributed by atoms with Crippen molar-refractivity contribution in [2.75, 3.05) is 23.7 Å². The Bertz CT molecular complexity index is 445. The maximum Gasteiger partial charge on any atom is 0.248 e. The first-order valence-electron chi connectivity index (χ1n) is 6.52. The van der Waals surface area contributed by atoms with Gasteiger partial charge in [-0.3, -0.25) is 4.79 Å². The summed E-state index contributed by atoms with van der Waals surface area (Å²) in [6.45, 7) is 4.27. The van der Waals surface area contributed by atoms with Crippen molar-refractivity contribution in [3.05, 3.63) is 23.8 Å². The molecule has 1 unspecified atom stereocenters. The van der Waals surface area contributed by atoms with Gasteiger partial charge in [-0.15, -0.1) is 0 Å². The van der Waals surface area contributed by atoms with Gasteiger partial charge in [0, 0.05) is 18.7 Å². The van der Waals surface area contributed by atoms with Crippen LogP contribution in [0, 0.1) is 5.92 Å². The van der Waals surface area contributed by atoms with Crippen LogP contribution in [0.1, 0.15) is 36.5 Å². The van der Waals surface area contributed by atoms with Crippen LogP contribution in [0.4, 0.5) is 11.4 Å². The fourth-order valence-electron chi connectivity index (χ4n) is 2.47. The molecule has 0 spiro atoms. The summed E-state index contributed by atoms with van der Waals surface area (Å²) >= 11 is 0. The second kappa shape index (κ2) is 5.29. The van der Waals surface area contributed by atoms with Crippen molar-refractivity contribution < 1.29 is 4.79 Å². The first-order chi connectivity index (χ1) is 8.58. The molecule has 0 saturated carbocycles. The van der Waals surface area contributed by atoms with Crippen LogP contribution in [0.2, 0.25) is 0 Å². The zero-order chi connectivity index (χ0) is 13.1. The molecule has 1 aromatic rings. The normalized spacial score (nSPS) is 20.5. The number of benzene rings is 1. The number of nitrogen functional groups attached to an aromatic ring is 1. The molecule has 2 rings (SSSR count). The maximum atomic E-state index is 11.2. The second-order valence-corrected chi connectivity index (χ2v) is 5.16. The molecule has 1 fully saturated rings. The molecule has 1 heterocycles. The monoisotopic (exact) mass is 247 g/mol. The van der Waals surface area contributed by atoms with E-state index in [4.69, 9.17) is 11.5 Å². The van der Waals surface area contributed by atoms with Crippen molar-refractivity contribution in [2.24, 2.45) is 11.7 Å². The molecule has 0 radical (unpaired) electrons. The third-order valence-electron chi connectivity index (χ3n) is 3.67. The number of primary amides is 1. The Morgan fingerprint density at radius 2 is 2.11 bits per heavy atom. The van der Waals surface area contributed by atoms with Gasteiger partial charge in [-0.1, -0.05) is 6.92 Å². The van der Waals surface area contributed by atoms with E-state index in [1.807, 2.05) is 6.07 Å². The van der Waals surface area contributed by atoms with E-state index in [0.29, 0.717) is 5.56 Å². The lowest BCUT2D eigenvalue weighted by Crippen LogP contribution is -2.25. The van der Waals surface area contributed by atoms with Gasteiger partial charge in [0.25, 0.3) is 0 Å². The fraction of sp³-hybridized carbons (Fsp3) is 0.500. The Labute approximate surface area is 108 Å². The second-order valence-electron chi connectivity index (χ2n) is 5.16. The lowest BCUT2D eigenvalue weighted by Gasteiger charge is -2.24. The van der Waals surface area contributed by atoms with Gasteiger partial charge in [0.2, 0.25) is 5.91 Å². The lowest BCUT2D eigenvalue weighted by molar-refractivity contribution is 0.100. The average Bonchev–Trinajstić information content (AvgIpc) is 2.54. The summed E-state index contributed by atoms with van der Waals surface area (Å²) in [5.74, 6) is 0.356. The van der Waals surface area contributed by atoms with E-state index in [0.717, 1.165) is 30.4 Å². The molecule has 1 amide bonds. The molecule has 1 aliphatic rings. The van der Waals surface area contributed by atoms with Crippen LogP contribution >= 0.6 is 0 Å². The Kier molecular flexibility index (Phi) is 3.75. The molecular weight excluding hydrogens is 226 g/mol. The molecule has 0 bridgehead atoms. The summed E-state index contributed by atoms with van der Waals surface area (Å²) in [6, 6.07) is 5.26. The molecule has 4 heteroatoms. The molecule has 4 nitrogen and oxygen atoms in total.